The Morgan fingerprint density at radius 2 is 1.86 bits per heavy atom. The van der Waals surface area contributed by atoms with Crippen molar-refractivity contribution in [3.63, 3.8) is 0 Å². The first kappa shape index (κ1) is 16.1. The van der Waals surface area contributed by atoms with E-state index < -0.39 is 19.9 Å². The molecule has 0 spiro atoms. The fourth-order valence-corrected chi connectivity index (χ4v) is 4.50. The highest BCUT2D eigenvalue weighted by molar-refractivity contribution is 7.94. The number of halogens is 1. The molecule has 0 saturated heterocycles. The largest absolute Gasteiger partial charge is 0.398 e. The monoisotopic (exact) mass is 366 g/mol. The molecule has 0 aliphatic carbocycles. The van der Waals surface area contributed by atoms with Gasteiger partial charge in [0.1, 0.15) is 4.21 Å². The van der Waals surface area contributed by atoms with Crippen LogP contribution < -0.4 is 10.5 Å². The minimum Gasteiger partial charge on any atom is -0.398 e. The van der Waals surface area contributed by atoms with Crippen molar-refractivity contribution in [3.05, 3.63) is 34.7 Å². The molecule has 0 saturated carbocycles. The van der Waals surface area contributed by atoms with Gasteiger partial charge in [0.05, 0.1) is 15.6 Å². The molecule has 0 amide bonds. The molecule has 2 rings (SSSR count). The number of hydrogen-bond acceptors (Lipinski definition) is 6. The summed E-state index contributed by atoms with van der Waals surface area (Å²) >= 11 is 6.86. The van der Waals surface area contributed by atoms with Gasteiger partial charge in [-0.2, -0.15) is 0 Å². The van der Waals surface area contributed by atoms with Gasteiger partial charge in [0, 0.05) is 17.3 Å². The summed E-state index contributed by atoms with van der Waals surface area (Å²) in [6.07, 6.45) is 1.02. The summed E-state index contributed by atoms with van der Waals surface area (Å²) in [5, 5.41) is 1.58. The number of sulfonamides is 1. The zero-order valence-electron chi connectivity index (χ0n) is 10.7. The minimum atomic E-state index is -3.87. The Bertz CT molecular complexity index is 888. The van der Waals surface area contributed by atoms with Gasteiger partial charge in [-0.1, -0.05) is 11.6 Å². The van der Waals surface area contributed by atoms with Crippen LogP contribution in [0.2, 0.25) is 5.02 Å². The second-order valence-electron chi connectivity index (χ2n) is 4.22. The Hall–Kier alpha value is -1.29. The molecule has 1 heterocycles. The highest BCUT2D eigenvalue weighted by Crippen LogP contribution is 2.29. The Balaban J connectivity index is 2.44. The molecule has 0 aliphatic heterocycles. The second-order valence-corrected chi connectivity index (χ2v) is 9.46. The van der Waals surface area contributed by atoms with Gasteiger partial charge in [0.2, 0.25) is 0 Å². The van der Waals surface area contributed by atoms with Crippen molar-refractivity contribution in [2.45, 2.75) is 9.10 Å². The molecule has 1 aromatic heterocycles. The summed E-state index contributed by atoms with van der Waals surface area (Å²) in [5.41, 5.74) is 5.81. The summed E-state index contributed by atoms with van der Waals surface area (Å²) in [5.74, 6) is 0. The number of sulfone groups is 1. The Morgan fingerprint density at radius 1 is 1.19 bits per heavy atom. The van der Waals surface area contributed by atoms with Crippen molar-refractivity contribution in [1.82, 2.24) is 0 Å². The molecule has 0 aliphatic rings. The summed E-state index contributed by atoms with van der Waals surface area (Å²) < 4.78 is 49.6. The van der Waals surface area contributed by atoms with Gasteiger partial charge in [-0.15, -0.1) is 11.3 Å². The fraction of sp³-hybridized carbons (Fsp3) is 0.0909. The Labute approximate surface area is 131 Å². The van der Waals surface area contributed by atoms with E-state index in [0.29, 0.717) is 5.69 Å². The minimum absolute atomic E-state index is 0.00781. The normalized spacial score (nSPS) is 12.3. The van der Waals surface area contributed by atoms with E-state index in [4.69, 9.17) is 17.3 Å². The van der Waals surface area contributed by atoms with Gasteiger partial charge >= 0.3 is 0 Å². The van der Waals surface area contributed by atoms with E-state index in [-0.39, 0.29) is 19.8 Å². The number of nitrogen functional groups attached to an aromatic ring is 1. The average Bonchev–Trinajstić information content (AvgIpc) is 2.78. The van der Waals surface area contributed by atoms with Crippen molar-refractivity contribution in [2.24, 2.45) is 0 Å². The molecule has 10 heteroatoms. The number of anilines is 2. The fourth-order valence-electron chi connectivity index (χ4n) is 1.48. The number of rotatable bonds is 4. The zero-order chi connectivity index (χ0) is 15.8. The molecule has 114 valence electrons. The number of benzene rings is 1. The molecule has 0 bridgehead atoms. The van der Waals surface area contributed by atoms with Crippen LogP contribution in [0.15, 0.2) is 38.8 Å². The van der Waals surface area contributed by atoms with E-state index in [1.807, 2.05) is 0 Å². The van der Waals surface area contributed by atoms with Crippen molar-refractivity contribution in [3.8, 4) is 0 Å². The van der Waals surface area contributed by atoms with Crippen LogP contribution in [0.3, 0.4) is 0 Å². The van der Waals surface area contributed by atoms with Gasteiger partial charge < -0.3 is 5.73 Å². The predicted molar refractivity (Wildman–Crippen MR) is 84.1 cm³/mol. The lowest BCUT2D eigenvalue weighted by Gasteiger charge is -2.09. The summed E-state index contributed by atoms with van der Waals surface area (Å²) in [7, 11) is -7.34. The summed E-state index contributed by atoms with van der Waals surface area (Å²) in [6.45, 7) is 0. The number of hydrogen-bond donors (Lipinski definition) is 2. The van der Waals surface area contributed by atoms with E-state index >= 15 is 0 Å². The van der Waals surface area contributed by atoms with Crippen LogP contribution in [-0.4, -0.2) is 23.1 Å². The number of nitrogens with two attached hydrogens (primary N) is 1. The third kappa shape index (κ3) is 3.67. The van der Waals surface area contributed by atoms with Crippen LogP contribution in [0.25, 0.3) is 0 Å². The van der Waals surface area contributed by atoms with E-state index in [9.17, 15) is 16.8 Å². The van der Waals surface area contributed by atoms with Gasteiger partial charge in [0.25, 0.3) is 10.0 Å². The smallest absolute Gasteiger partial charge is 0.271 e. The second kappa shape index (κ2) is 5.48. The van der Waals surface area contributed by atoms with Crippen molar-refractivity contribution >= 4 is 54.2 Å². The quantitative estimate of drug-likeness (QED) is 0.862. The van der Waals surface area contributed by atoms with Crippen molar-refractivity contribution in [2.75, 3.05) is 16.7 Å². The molecule has 0 unspecified atom stereocenters. The lowest BCUT2D eigenvalue weighted by Crippen LogP contribution is -2.12. The molecular formula is C11H11ClN2O4S3. The van der Waals surface area contributed by atoms with Gasteiger partial charge in [-0.05, 0) is 24.3 Å². The first-order chi connectivity index (χ1) is 9.59. The van der Waals surface area contributed by atoms with Crippen molar-refractivity contribution in [1.29, 1.82) is 0 Å². The van der Waals surface area contributed by atoms with Crippen LogP contribution in [-0.2, 0) is 19.9 Å². The summed E-state index contributed by atoms with van der Waals surface area (Å²) in [6, 6.07) is 5.10. The predicted octanol–water partition coefficient (Wildman–Crippen LogP) is 2.19. The number of nitrogens with one attached hydrogen (secondary N) is 1. The van der Waals surface area contributed by atoms with E-state index in [1.165, 1.54) is 29.6 Å². The first-order valence-corrected chi connectivity index (χ1v) is 10.1. The molecular weight excluding hydrogens is 356 g/mol. The first-order valence-electron chi connectivity index (χ1n) is 5.46. The average molecular weight is 367 g/mol. The Morgan fingerprint density at radius 3 is 2.38 bits per heavy atom. The van der Waals surface area contributed by atoms with Crippen LogP contribution in [0.1, 0.15) is 0 Å². The molecule has 21 heavy (non-hydrogen) atoms. The van der Waals surface area contributed by atoms with Crippen molar-refractivity contribution < 1.29 is 16.8 Å². The van der Waals surface area contributed by atoms with E-state index in [2.05, 4.69) is 4.72 Å². The molecule has 2 aromatic rings. The van der Waals surface area contributed by atoms with Crippen LogP contribution in [0, 0.1) is 0 Å². The van der Waals surface area contributed by atoms with E-state index in [0.717, 1.165) is 17.6 Å². The molecule has 1 aromatic carbocycles. The maximum Gasteiger partial charge on any atom is 0.271 e. The third-order valence-corrected chi connectivity index (χ3v) is 6.73. The van der Waals surface area contributed by atoms with Gasteiger partial charge in [-0.3, -0.25) is 4.72 Å². The molecule has 6 nitrogen and oxygen atoms in total. The van der Waals surface area contributed by atoms with Crippen LogP contribution in [0.5, 0.6) is 0 Å². The summed E-state index contributed by atoms with van der Waals surface area (Å²) in [4.78, 5) is -0.0321. The number of thiophene rings is 1. The van der Waals surface area contributed by atoms with Crippen LogP contribution >= 0.6 is 22.9 Å². The molecule has 0 radical (unpaired) electrons. The lowest BCUT2D eigenvalue weighted by atomic mass is 10.3. The van der Waals surface area contributed by atoms with Crippen LogP contribution in [0.4, 0.5) is 11.4 Å². The SMILES string of the molecule is CS(=O)(=O)c1ccc(Cl)c(NS(=O)(=O)c2cc(N)cs2)c1. The maximum atomic E-state index is 12.2. The standard InChI is InChI=1S/C11H11ClN2O4S3/c1-20(15,16)8-2-3-9(12)10(5-8)14-21(17,18)11-4-7(13)6-19-11/h2-6,14H,13H2,1H3. The highest BCUT2D eigenvalue weighted by Gasteiger charge is 2.19. The van der Waals surface area contributed by atoms with Gasteiger partial charge in [-0.25, -0.2) is 16.8 Å². The highest BCUT2D eigenvalue weighted by atomic mass is 35.5. The lowest BCUT2D eigenvalue weighted by molar-refractivity contribution is 0.600. The van der Waals surface area contributed by atoms with E-state index in [1.54, 1.807) is 0 Å². The molecule has 0 fully saturated rings. The zero-order valence-corrected chi connectivity index (χ0v) is 13.9. The van der Waals surface area contributed by atoms with Gasteiger partial charge in [0.15, 0.2) is 9.84 Å². The third-order valence-electron chi connectivity index (χ3n) is 2.47. The topological polar surface area (TPSA) is 106 Å². The Kier molecular flexibility index (Phi) is 4.20. The molecule has 3 N–H and O–H groups in total. The molecule has 0 atom stereocenters. The maximum absolute atomic E-state index is 12.2.